The van der Waals surface area contributed by atoms with E-state index in [0.717, 1.165) is 6.54 Å². The molecule has 0 atom stereocenters. The second-order valence-electron chi connectivity index (χ2n) is 2.66. The van der Waals surface area contributed by atoms with E-state index in [9.17, 15) is 0 Å². The van der Waals surface area contributed by atoms with Gasteiger partial charge in [-0.05, 0) is 25.9 Å². The van der Waals surface area contributed by atoms with E-state index in [0.29, 0.717) is 0 Å². The standard InChI is InChI=1S/C8H15NO/c10-8-4-3-7-9-5-1-2-6-9/h3-4,10H,1-2,5-8H2/b4-3+. The van der Waals surface area contributed by atoms with Crippen LogP contribution < -0.4 is 0 Å². The Balaban J connectivity index is 2.06. The number of likely N-dealkylation sites (tertiary alicyclic amines) is 1. The minimum absolute atomic E-state index is 0.174. The molecule has 1 heterocycles. The summed E-state index contributed by atoms with van der Waals surface area (Å²) in [6.07, 6.45) is 6.52. The second kappa shape index (κ2) is 4.47. The summed E-state index contributed by atoms with van der Waals surface area (Å²) in [6.45, 7) is 3.65. The Kier molecular flexibility index (Phi) is 3.47. The molecule has 1 saturated heterocycles. The minimum atomic E-state index is 0.174. The van der Waals surface area contributed by atoms with Crippen LogP contribution in [-0.2, 0) is 0 Å². The lowest BCUT2D eigenvalue weighted by molar-refractivity contribution is 0.339. The molecular formula is C8H15NO. The topological polar surface area (TPSA) is 23.5 Å². The van der Waals surface area contributed by atoms with Gasteiger partial charge in [-0.2, -0.15) is 0 Å². The van der Waals surface area contributed by atoms with Gasteiger partial charge in [0, 0.05) is 6.54 Å². The zero-order chi connectivity index (χ0) is 7.23. The van der Waals surface area contributed by atoms with Crippen molar-refractivity contribution < 1.29 is 5.11 Å². The van der Waals surface area contributed by atoms with Crippen molar-refractivity contribution in [1.82, 2.24) is 4.90 Å². The highest BCUT2D eigenvalue weighted by molar-refractivity contribution is 4.85. The van der Waals surface area contributed by atoms with Gasteiger partial charge >= 0.3 is 0 Å². The summed E-state index contributed by atoms with van der Waals surface area (Å²) in [5.41, 5.74) is 0. The third-order valence-corrected chi connectivity index (χ3v) is 1.83. The van der Waals surface area contributed by atoms with E-state index in [4.69, 9.17) is 5.11 Å². The highest BCUT2D eigenvalue weighted by Crippen LogP contribution is 2.05. The second-order valence-corrected chi connectivity index (χ2v) is 2.66. The average molecular weight is 141 g/mol. The van der Waals surface area contributed by atoms with Crippen molar-refractivity contribution in [3.8, 4) is 0 Å². The van der Waals surface area contributed by atoms with Crippen molar-refractivity contribution in [2.75, 3.05) is 26.2 Å². The first-order valence-corrected chi connectivity index (χ1v) is 3.91. The van der Waals surface area contributed by atoms with E-state index in [1.807, 2.05) is 6.08 Å². The minimum Gasteiger partial charge on any atom is -0.392 e. The Morgan fingerprint density at radius 2 is 1.90 bits per heavy atom. The van der Waals surface area contributed by atoms with Gasteiger partial charge in [-0.15, -0.1) is 0 Å². The Hall–Kier alpha value is -0.340. The fourth-order valence-electron chi connectivity index (χ4n) is 1.26. The number of nitrogens with zero attached hydrogens (tertiary/aromatic N) is 1. The van der Waals surface area contributed by atoms with Crippen molar-refractivity contribution in [3.63, 3.8) is 0 Å². The van der Waals surface area contributed by atoms with Crippen LogP contribution in [0.3, 0.4) is 0 Å². The Bertz CT molecular complexity index is 106. The number of hydrogen-bond donors (Lipinski definition) is 1. The first-order valence-electron chi connectivity index (χ1n) is 3.91. The molecule has 2 nitrogen and oxygen atoms in total. The molecule has 0 aromatic heterocycles. The lowest BCUT2D eigenvalue weighted by atomic mass is 10.4. The van der Waals surface area contributed by atoms with E-state index >= 15 is 0 Å². The number of hydrogen-bond acceptors (Lipinski definition) is 2. The largest absolute Gasteiger partial charge is 0.392 e. The highest BCUT2D eigenvalue weighted by atomic mass is 16.2. The zero-order valence-electron chi connectivity index (χ0n) is 6.29. The van der Waals surface area contributed by atoms with E-state index in [1.54, 1.807) is 6.08 Å². The molecule has 0 aromatic carbocycles. The number of aliphatic hydroxyl groups excluding tert-OH is 1. The van der Waals surface area contributed by atoms with Gasteiger partial charge in [0.1, 0.15) is 0 Å². The van der Waals surface area contributed by atoms with E-state index < -0.39 is 0 Å². The zero-order valence-corrected chi connectivity index (χ0v) is 6.29. The van der Waals surface area contributed by atoms with Crippen molar-refractivity contribution >= 4 is 0 Å². The predicted octanol–water partition coefficient (Wildman–Crippen LogP) is 0.631. The smallest absolute Gasteiger partial charge is 0.0612 e. The van der Waals surface area contributed by atoms with Crippen LogP contribution in [0.25, 0.3) is 0 Å². The van der Waals surface area contributed by atoms with Crippen LogP contribution in [-0.4, -0.2) is 36.2 Å². The van der Waals surface area contributed by atoms with Gasteiger partial charge < -0.3 is 5.11 Å². The van der Waals surface area contributed by atoms with Gasteiger partial charge in [-0.25, -0.2) is 0 Å². The maximum atomic E-state index is 8.43. The first-order chi connectivity index (χ1) is 4.93. The van der Waals surface area contributed by atoms with Gasteiger partial charge in [-0.3, -0.25) is 4.90 Å². The van der Waals surface area contributed by atoms with Crippen LogP contribution in [0, 0.1) is 0 Å². The summed E-state index contributed by atoms with van der Waals surface area (Å²) < 4.78 is 0. The quantitative estimate of drug-likeness (QED) is 0.583. The van der Waals surface area contributed by atoms with Gasteiger partial charge in [0.05, 0.1) is 6.61 Å². The van der Waals surface area contributed by atoms with Crippen LogP contribution in [0.1, 0.15) is 12.8 Å². The molecule has 10 heavy (non-hydrogen) atoms. The average Bonchev–Trinajstić information content (AvgIpc) is 2.41. The normalized spacial score (nSPS) is 20.9. The highest BCUT2D eigenvalue weighted by Gasteiger charge is 2.08. The van der Waals surface area contributed by atoms with Crippen molar-refractivity contribution in [2.45, 2.75) is 12.8 Å². The molecule has 1 aliphatic heterocycles. The van der Waals surface area contributed by atoms with Crippen LogP contribution in [0.2, 0.25) is 0 Å². The summed E-state index contributed by atoms with van der Waals surface area (Å²) in [5.74, 6) is 0. The lowest BCUT2D eigenvalue weighted by Gasteiger charge is -2.09. The molecule has 2 heteroatoms. The maximum absolute atomic E-state index is 8.43. The van der Waals surface area contributed by atoms with Crippen LogP contribution in [0.5, 0.6) is 0 Å². The summed E-state index contributed by atoms with van der Waals surface area (Å²) in [5, 5.41) is 8.43. The Morgan fingerprint density at radius 3 is 2.50 bits per heavy atom. The molecule has 0 aromatic rings. The molecule has 1 rings (SSSR count). The fraction of sp³-hybridized carbons (Fsp3) is 0.750. The molecule has 1 aliphatic rings. The Morgan fingerprint density at radius 1 is 1.20 bits per heavy atom. The van der Waals surface area contributed by atoms with Gasteiger partial charge in [0.15, 0.2) is 0 Å². The van der Waals surface area contributed by atoms with Crippen molar-refractivity contribution in [3.05, 3.63) is 12.2 Å². The van der Waals surface area contributed by atoms with E-state index in [-0.39, 0.29) is 6.61 Å². The summed E-state index contributed by atoms with van der Waals surface area (Å²) in [7, 11) is 0. The molecule has 0 aliphatic carbocycles. The third-order valence-electron chi connectivity index (χ3n) is 1.83. The number of rotatable bonds is 3. The summed E-state index contributed by atoms with van der Waals surface area (Å²) in [6, 6.07) is 0. The van der Waals surface area contributed by atoms with E-state index in [1.165, 1.54) is 25.9 Å². The van der Waals surface area contributed by atoms with Crippen molar-refractivity contribution in [1.29, 1.82) is 0 Å². The van der Waals surface area contributed by atoms with Gasteiger partial charge in [0.2, 0.25) is 0 Å². The molecule has 0 bridgehead atoms. The van der Waals surface area contributed by atoms with Crippen LogP contribution in [0.15, 0.2) is 12.2 Å². The third kappa shape index (κ3) is 2.50. The first kappa shape index (κ1) is 7.76. The lowest BCUT2D eigenvalue weighted by Crippen LogP contribution is -2.18. The Labute approximate surface area is 62.2 Å². The monoisotopic (exact) mass is 141 g/mol. The molecule has 0 spiro atoms. The molecule has 0 radical (unpaired) electrons. The molecular weight excluding hydrogens is 126 g/mol. The van der Waals surface area contributed by atoms with Crippen LogP contribution >= 0.6 is 0 Å². The van der Waals surface area contributed by atoms with Crippen LogP contribution in [0.4, 0.5) is 0 Å². The summed E-state index contributed by atoms with van der Waals surface area (Å²) >= 11 is 0. The van der Waals surface area contributed by atoms with E-state index in [2.05, 4.69) is 4.90 Å². The predicted molar refractivity (Wildman–Crippen MR) is 41.9 cm³/mol. The molecule has 58 valence electrons. The fourth-order valence-corrected chi connectivity index (χ4v) is 1.26. The molecule has 1 N–H and O–H groups in total. The summed E-state index contributed by atoms with van der Waals surface area (Å²) in [4.78, 5) is 2.40. The molecule has 0 saturated carbocycles. The molecule has 1 fully saturated rings. The molecule has 0 unspecified atom stereocenters. The maximum Gasteiger partial charge on any atom is 0.0612 e. The van der Waals surface area contributed by atoms with Crippen molar-refractivity contribution in [2.24, 2.45) is 0 Å². The van der Waals surface area contributed by atoms with Gasteiger partial charge in [0.25, 0.3) is 0 Å². The van der Waals surface area contributed by atoms with Gasteiger partial charge in [-0.1, -0.05) is 12.2 Å². The SMILES string of the molecule is OC/C=C/CN1CCCC1. The number of aliphatic hydroxyl groups is 1. The molecule has 0 amide bonds.